The van der Waals surface area contributed by atoms with Crippen molar-refractivity contribution in [2.24, 2.45) is 0 Å². The number of hydrogen-bond donors (Lipinski definition) is 1. The van der Waals surface area contributed by atoms with Gasteiger partial charge < -0.3 is 23.4 Å². The first kappa shape index (κ1) is 37.5. The van der Waals surface area contributed by atoms with Crippen LogP contribution in [-0.4, -0.2) is 59.4 Å². The van der Waals surface area contributed by atoms with Gasteiger partial charge in [0.05, 0.1) is 44.2 Å². The van der Waals surface area contributed by atoms with Gasteiger partial charge in [-0.2, -0.15) is 0 Å². The van der Waals surface area contributed by atoms with Crippen molar-refractivity contribution in [3.8, 4) is 0 Å². The zero-order chi connectivity index (χ0) is 33.9. The second-order valence-corrected chi connectivity index (χ2v) is 23.1. The fourth-order valence-electron chi connectivity index (χ4n) is 7.05. The van der Waals surface area contributed by atoms with E-state index in [4.69, 9.17) is 18.3 Å². The Morgan fingerprint density at radius 1 is 0.851 bits per heavy atom. The van der Waals surface area contributed by atoms with Crippen molar-refractivity contribution in [2.45, 2.75) is 116 Å². The van der Waals surface area contributed by atoms with Crippen molar-refractivity contribution in [1.29, 1.82) is 0 Å². The highest BCUT2D eigenvalue weighted by atomic mass is 28.4. The van der Waals surface area contributed by atoms with Gasteiger partial charge in [-0.3, -0.25) is 0 Å². The van der Waals surface area contributed by atoms with E-state index >= 15 is 0 Å². The fourth-order valence-corrected chi connectivity index (χ4v) is 14.5. The molecule has 0 bridgehead atoms. The van der Waals surface area contributed by atoms with Crippen LogP contribution < -0.4 is 10.4 Å². The Morgan fingerprint density at radius 2 is 1.38 bits per heavy atom. The van der Waals surface area contributed by atoms with E-state index < -0.39 is 16.6 Å². The quantitative estimate of drug-likeness (QED) is 0.123. The zero-order valence-electron chi connectivity index (χ0n) is 29.8. The lowest BCUT2D eigenvalue weighted by molar-refractivity contribution is -0.186. The molecule has 0 spiro atoms. The summed E-state index contributed by atoms with van der Waals surface area (Å²) in [6, 6.07) is 35.2. The van der Waals surface area contributed by atoms with Crippen LogP contribution in [0.25, 0.3) is 0 Å². The molecule has 1 fully saturated rings. The molecule has 4 atom stereocenters. The monoisotopic (exact) mass is 674 g/mol. The molecule has 1 aliphatic heterocycles. The highest BCUT2D eigenvalue weighted by Gasteiger charge is 2.51. The molecule has 7 heteroatoms. The average molecular weight is 675 g/mol. The van der Waals surface area contributed by atoms with Gasteiger partial charge in [-0.05, 0) is 52.5 Å². The predicted octanol–water partition coefficient (Wildman–Crippen LogP) is 8.03. The van der Waals surface area contributed by atoms with Crippen LogP contribution in [0.4, 0.5) is 0 Å². The van der Waals surface area contributed by atoms with E-state index in [2.05, 4.69) is 133 Å². The first-order valence-corrected chi connectivity index (χ1v) is 22.1. The maximum absolute atomic E-state index is 9.84. The third-order valence-corrected chi connectivity index (χ3v) is 19.7. The van der Waals surface area contributed by atoms with Crippen LogP contribution >= 0.6 is 0 Å². The van der Waals surface area contributed by atoms with Crippen LogP contribution in [-0.2, 0) is 24.9 Å². The van der Waals surface area contributed by atoms with Gasteiger partial charge in [-0.25, -0.2) is 0 Å². The summed E-state index contributed by atoms with van der Waals surface area (Å²) in [4.78, 5) is 0. The number of ether oxygens (including phenoxy) is 2. The average Bonchev–Trinajstić information content (AvgIpc) is 3.10. The summed E-state index contributed by atoms with van der Waals surface area (Å²) in [5.41, 5.74) is 2.08. The van der Waals surface area contributed by atoms with Gasteiger partial charge >= 0.3 is 0 Å². The van der Waals surface area contributed by atoms with Gasteiger partial charge in [0, 0.05) is 6.42 Å². The molecular formula is C40H58O5Si2. The highest BCUT2D eigenvalue weighted by molar-refractivity contribution is 6.99. The molecule has 5 nitrogen and oxygen atoms in total. The Labute approximate surface area is 286 Å². The lowest BCUT2D eigenvalue weighted by Gasteiger charge is -2.47. The molecule has 1 N–H and O–H groups in total. The van der Waals surface area contributed by atoms with Gasteiger partial charge in [0.1, 0.15) is 0 Å². The van der Waals surface area contributed by atoms with Crippen LogP contribution in [0, 0.1) is 0 Å². The van der Waals surface area contributed by atoms with Gasteiger partial charge in [0.2, 0.25) is 0 Å². The largest absolute Gasteiger partial charge is 0.409 e. The van der Waals surface area contributed by atoms with Crippen molar-refractivity contribution in [3.05, 3.63) is 108 Å². The lowest BCUT2D eigenvalue weighted by atomic mass is 9.95. The van der Waals surface area contributed by atoms with Crippen molar-refractivity contribution in [3.63, 3.8) is 0 Å². The number of aliphatic hydroxyl groups is 1. The molecular weight excluding hydrogens is 617 g/mol. The van der Waals surface area contributed by atoms with Crippen LogP contribution in [0.1, 0.15) is 66.9 Å². The first-order chi connectivity index (χ1) is 22.6. The smallest absolute Gasteiger partial charge is 0.261 e. The SMILES string of the molecule is CC[Si](CC)(CC)O[C@H]1[C@@H](OCc2ccccc2)C[C@@H](CO[Si](c2ccccc2)(c2ccccc2)C(C)(C)C)O[C@@H]1C/C=C(\C)CO. The molecule has 4 rings (SSSR count). The molecule has 1 saturated heterocycles. The zero-order valence-corrected chi connectivity index (χ0v) is 31.8. The summed E-state index contributed by atoms with van der Waals surface area (Å²) < 4.78 is 28.5. The minimum Gasteiger partial charge on any atom is -0.409 e. The molecule has 1 aliphatic rings. The van der Waals surface area contributed by atoms with Crippen LogP contribution in [0.15, 0.2) is 103 Å². The van der Waals surface area contributed by atoms with E-state index in [1.807, 2.05) is 13.0 Å². The molecule has 3 aromatic carbocycles. The van der Waals surface area contributed by atoms with Crippen molar-refractivity contribution in [1.82, 2.24) is 0 Å². The van der Waals surface area contributed by atoms with E-state index in [9.17, 15) is 5.11 Å². The number of hydrogen-bond acceptors (Lipinski definition) is 5. The number of aliphatic hydroxyl groups excluding tert-OH is 1. The second kappa shape index (κ2) is 17.3. The van der Waals surface area contributed by atoms with E-state index in [1.165, 1.54) is 10.4 Å². The summed E-state index contributed by atoms with van der Waals surface area (Å²) in [6.45, 7) is 16.7. The number of rotatable bonds is 16. The molecule has 3 aromatic rings. The Hall–Kier alpha value is -2.37. The standard InChI is InChI=1S/C40H58O5Si2/c1-8-46(9-2,10-3)45-39-37(27-26-32(4)29-41)44-34(28-38(39)42-30-33-20-14-11-15-21-33)31-43-47(40(5,6)7,35-22-16-12-17-23-35)36-24-18-13-19-25-36/h11-26,34,37-39,41H,8-10,27-31H2,1-7H3/b32-26+/t34-,37+,38-,39+/m0/s1. The molecule has 256 valence electrons. The Balaban J connectivity index is 1.71. The van der Waals surface area contributed by atoms with Gasteiger partial charge in [0.15, 0.2) is 8.32 Å². The summed E-state index contributed by atoms with van der Waals surface area (Å²) in [6.07, 6.45) is 2.71. The molecule has 47 heavy (non-hydrogen) atoms. The summed E-state index contributed by atoms with van der Waals surface area (Å²) >= 11 is 0. The molecule has 0 aliphatic carbocycles. The lowest BCUT2D eigenvalue weighted by Crippen LogP contribution is -2.67. The summed E-state index contributed by atoms with van der Waals surface area (Å²) in [7, 11) is -4.75. The van der Waals surface area contributed by atoms with Crippen LogP contribution in [0.3, 0.4) is 0 Å². The summed E-state index contributed by atoms with van der Waals surface area (Å²) in [5, 5.41) is 12.2. The maximum Gasteiger partial charge on any atom is 0.261 e. The Bertz CT molecular complexity index is 1310. The van der Waals surface area contributed by atoms with Crippen LogP contribution in [0.5, 0.6) is 0 Å². The summed E-state index contributed by atoms with van der Waals surface area (Å²) in [5.74, 6) is 0. The Morgan fingerprint density at radius 3 is 1.87 bits per heavy atom. The molecule has 0 unspecified atom stereocenters. The third-order valence-electron chi connectivity index (χ3n) is 10.1. The fraction of sp³-hybridized carbons (Fsp3) is 0.500. The van der Waals surface area contributed by atoms with Crippen molar-refractivity contribution < 1.29 is 23.4 Å². The molecule has 1 heterocycles. The minimum absolute atomic E-state index is 0.0319. The van der Waals surface area contributed by atoms with E-state index in [-0.39, 0.29) is 36.1 Å². The molecule has 0 saturated carbocycles. The molecule has 0 radical (unpaired) electrons. The number of benzene rings is 3. The minimum atomic E-state index is -2.75. The molecule has 0 amide bonds. The first-order valence-electron chi connectivity index (χ1n) is 17.6. The van der Waals surface area contributed by atoms with E-state index in [0.29, 0.717) is 26.1 Å². The van der Waals surface area contributed by atoms with Crippen molar-refractivity contribution in [2.75, 3.05) is 13.2 Å². The maximum atomic E-state index is 9.84. The second-order valence-electron chi connectivity index (χ2n) is 14.1. The highest BCUT2D eigenvalue weighted by Crippen LogP contribution is 2.39. The predicted molar refractivity (Wildman–Crippen MR) is 199 cm³/mol. The van der Waals surface area contributed by atoms with Gasteiger partial charge in [-0.1, -0.05) is 144 Å². The molecule has 0 aromatic heterocycles. The topological polar surface area (TPSA) is 57.2 Å². The van der Waals surface area contributed by atoms with Crippen LogP contribution in [0.2, 0.25) is 23.2 Å². The normalized spacial score (nSPS) is 21.1. The third kappa shape index (κ3) is 9.21. The van der Waals surface area contributed by atoms with Gasteiger partial charge in [0.25, 0.3) is 8.32 Å². The Kier molecular flexibility index (Phi) is 13.8. The van der Waals surface area contributed by atoms with E-state index in [1.54, 1.807) is 0 Å². The van der Waals surface area contributed by atoms with Gasteiger partial charge in [-0.15, -0.1) is 0 Å². The van der Waals surface area contributed by atoms with Crippen molar-refractivity contribution >= 4 is 27.0 Å². The van der Waals surface area contributed by atoms with E-state index in [0.717, 1.165) is 29.3 Å².